The zero-order valence-corrected chi connectivity index (χ0v) is 18.6. The quantitative estimate of drug-likeness (QED) is 0.138. The van der Waals surface area contributed by atoms with Crippen molar-refractivity contribution >= 4 is 17.7 Å². The van der Waals surface area contributed by atoms with Crippen molar-refractivity contribution in [2.75, 3.05) is 11.5 Å². The van der Waals surface area contributed by atoms with Gasteiger partial charge < -0.3 is 5.11 Å². The Morgan fingerprint density at radius 1 is 0.926 bits per heavy atom. The van der Waals surface area contributed by atoms with Gasteiger partial charge in [-0.2, -0.15) is 11.8 Å². The third-order valence-electron chi connectivity index (χ3n) is 4.67. The van der Waals surface area contributed by atoms with Crippen molar-refractivity contribution in [1.82, 2.24) is 0 Å². The van der Waals surface area contributed by atoms with E-state index >= 15 is 0 Å². The fourth-order valence-electron chi connectivity index (χ4n) is 2.77. The fraction of sp³-hybridized carbons (Fsp3) is 0.750. The van der Waals surface area contributed by atoms with E-state index in [0.717, 1.165) is 24.3 Å². The van der Waals surface area contributed by atoms with Crippen LogP contribution in [0.5, 0.6) is 0 Å². The van der Waals surface area contributed by atoms with Crippen molar-refractivity contribution in [3.63, 3.8) is 0 Å². The number of allylic oxidation sites excluding steroid dienone is 2. The number of rotatable bonds is 19. The Labute approximate surface area is 172 Å². The third-order valence-corrected chi connectivity index (χ3v) is 5.60. The first-order chi connectivity index (χ1) is 13.2. The zero-order chi connectivity index (χ0) is 20.0. The summed E-state index contributed by atoms with van der Waals surface area (Å²) in [5.41, 5.74) is 3.15. The molecule has 0 saturated heterocycles. The van der Waals surface area contributed by atoms with Gasteiger partial charge in [-0.1, -0.05) is 77.4 Å². The van der Waals surface area contributed by atoms with E-state index in [-0.39, 0.29) is 5.92 Å². The van der Waals surface area contributed by atoms with Gasteiger partial charge in [-0.15, -0.1) is 5.73 Å². The van der Waals surface area contributed by atoms with Crippen molar-refractivity contribution < 1.29 is 9.90 Å². The first-order valence-electron chi connectivity index (χ1n) is 11.0. The van der Waals surface area contributed by atoms with Crippen LogP contribution in [0.3, 0.4) is 0 Å². The standard InChI is InChI=1S/C24H42O2S/c1-3-4-5-6-7-8-9-10-11-12-13-15-18-21-27-22-19-16-14-17-20-23(2)24(25)26/h13-15,19,23H,3-12,17-18,20-22H2,1-2H3,(H,25,26)/b15-13-. The number of carboxylic acids is 1. The van der Waals surface area contributed by atoms with Crippen LogP contribution in [0.25, 0.3) is 0 Å². The van der Waals surface area contributed by atoms with E-state index in [4.69, 9.17) is 5.11 Å². The van der Waals surface area contributed by atoms with Crippen molar-refractivity contribution in [3.05, 3.63) is 30.0 Å². The monoisotopic (exact) mass is 394 g/mol. The Morgan fingerprint density at radius 3 is 2.22 bits per heavy atom. The summed E-state index contributed by atoms with van der Waals surface area (Å²) in [4.78, 5) is 10.7. The van der Waals surface area contributed by atoms with Gasteiger partial charge in [-0.05, 0) is 50.0 Å². The van der Waals surface area contributed by atoms with Crippen LogP contribution in [0.1, 0.15) is 97.3 Å². The molecule has 0 aliphatic heterocycles. The molecule has 0 aromatic heterocycles. The number of aliphatic carboxylic acids is 1. The minimum atomic E-state index is -0.714. The van der Waals surface area contributed by atoms with Crippen molar-refractivity contribution in [3.8, 4) is 0 Å². The number of hydrogen-bond donors (Lipinski definition) is 1. The molecule has 156 valence electrons. The molecular weight excluding hydrogens is 352 g/mol. The Kier molecular flexibility index (Phi) is 20.7. The van der Waals surface area contributed by atoms with Crippen LogP contribution in [-0.4, -0.2) is 22.6 Å². The van der Waals surface area contributed by atoms with Gasteiger partial charge in [-0.3, -0.25) is 4.79 Å². The molecule has 3 heteroatoms. The van der Waals surface area contributed by atoms with Crippen LogP contribution in [0.15, 0.2) is 30.0 Å². The van der Waals surface area contributed by atoms with Crippen LogP contribution >= 0.6 is 11.8 Å². The highest BCUT2D eigenvalue weighted by Gasteiger charge is 2.08. The molecule has 0 aliphatic carbocycles. The second-order valence-corrected chi connectivity index (χ2v) is 8.49. The average molecular weight is 395 g/mol. The Balaban J connectivity index is 3.31. The van der Waals surface area contributed by atoms with Gasteiger partial charge in [-0.25, -0.2) is 0 Å². The minimum Gasteiger partial charge on any atom is -0.481 e. The van der Waals surface area contributed by atoms with Gasteiger partial charge in [0.25, 0.3) is 0 Å². The highest BCUT2D eigenvalue weighted by atomic mass is 32.2. The number of unbranched alkanes of at least 4 members (excludes halogenated alkanes) is 9. The van der Waals surface area contributed by atoms with E-state index < -0.39 is 5.97 Å². The Morgan fingerprint density at radius 2 is 1.56 bits per heavy atom. The van der Waals surface area contributed by atoms with Gasteiger partial charge >= 0.3 is 5.97 Å². The van der Waals surface area contributed by atoms with Gasteiger partial charge in [0.15, 0.2) is 0 Å². The summed E-state index contributed by atoms with van der Waals surface area (Å²) in [6.07, 6.45) is 25.1. The van der Waals surface area contributed by atoms with Gasteiger partial charge in [0.05, 0.1) is 5.92 Å². The average Bonchev–Trinajstić information content (AvgIpc) is 2.66. The molecule has 0 amide bonds. The second kappa shape index (κ2) is 21.4. The van der Waals surface area contributed by atoms with Crippen LogP contribution in [-0.2, 0) is 4.79 Å². The Bertz CT molecular complexity index is 422. The predicted octanol–water partition coefficient (Wildman–Crippen LogP) is 7.80. The van der Waals surface area contributed by atoms with Crippen molar-refractivity contribution in [2.24, 2.45) is 5.92 Å². The molecule has 1 unspecified atom stereocenters. The molecule has 0 rings (SSSR count). The van der Waals surface area contributed by atoms with E-state index in [2.05, 4.69) is 24.8 Å². The molecule has 0 aliphatic rings. The number of carbonyl (C=O) groups is 1. The third kappa shape index (κ3) is 21.2. The molecule has 0 aromatic rings. The van der Waals surface area contributed by atoms with Gasteiger partial charge in [0, 0.05) is 5.75 Å². The SMILES string of the molecule is CCCCCCCCCCC/C=C\CCSCC=C=CCCC(C)C(=O)O. The second-order valence-electron chi connectivity index (χ2n) is 7.34. The molecule has 0 saturated carbocycles. The van der Waals surface area contributed by atoms with E-state index in [1.807, 2.05) is 23.9 Å². The summed E-state index contributed by atoms with van der Waals surface area (Å²) in [5, 5.41) is 8.79. The van der Waals surface area contributed by atoms with Crippen molar-refractivity contribution in [2.45, 2.75) is 97.3 Å². The summed E-state index contributed by atoms with van der Waals surface area (Å²) in [6, 6.07) is 0. The first kappa shape index (κ1) is 26.1. The number of hydrogen-bond acceptors (Lipinski definition) is 2. The topological polar surface area (TPSA) is 37.3 Å². The van der Waals surface area contributed by atoms with E-state index in [1.165, 1.54) is 64.2 Å². The lowest BCUT2D eigenvalue weighted by Gasteiger charge is -2.00. The molecule has 0 spiro atoms. The first-order valence-corrected chi connectivity index (χ1v) is 12.2. The van der Waals surface area contributed by atoms with Crippen LogP contribution < -0.4 is 0 Å². The molecule has 1 atom stereocenters. The zero-order valence-electron chi connectivity index (χ0n) is 17.8. The molecule has 1 N–H and O–H groups in total. The largest absolute Gasteiger partial charge is 0.481 e. The summed E-state index contributed by atoms with van der Waals surface area (Å²) < 4.78 is 0. The highest BCUT2D eigenvalue weighted by molar-refractivity contribution is 7.99. The number of carboxylic acid groups (broad SMARTS) is 1. The molecule has 0 radical (unpaired) electrons. The van der Waals surface area contributed by atoms with E-state index in [0.29, 0.717) is 6.42 Å². The van der Waals surface area contributed by atoms with Crippen LogP contribution in [0, 0.1) is 5.92 Å². The molecule has 2 nitrogen and oxygen atoms in total. The smallest absolute Gasteiger partial charge is 0.306 e. The van der Waals surface area contributed by atoms with Crippen LogP contribution in [0.2, 0.25) is 0 Å². The lowest BCUT2D eigenvalue weighted by Crippen LogP contribution is -2.08. The lowest BCUT2D eigenvalue weighted by atomic mass is 10.1. The van der Waals surface area contributed by atoms with Gasteiger partial charge in [0.2, 0.25) is 0 Å². The minimum absolute atomic E-state index is 0.264. The maximum absolute atomic E-state index is 10.7. The van der Waals surface area contributed by atoms with Crippen molar-refractivity contribution in [1.29, 1.82) is 0 Å². The summed E-state index contributed by atoms with van der Waals surface area (Å²) in [6.45, 7) is 4.02. The fourth-order valence-corrected chi connectivity index (χ4v) is 3.46. The molecule has 0 fully saturated rings. The maximum atomic E-state index is 10.7. The molecular formula is C24H42O2S. The summed E-state index contributed by atoms with van der Waals surface area (Å²) in [5.74, 6) is 1.16. The summed E-state index contributed by atoms with van der Waals surface area (Å²) in [7, 11) is 0. The highest BCUT2D eigenvalue weighted by Crippen LogP contribution is 2.11. The van der Waals surface area contributed by atoms with E-state index in [1.54, 1.807) is 6.92 Å². The maximum Gasteiger partial charge on any atom is 0.306 e. The molecule has 0 bridgehead atoms. The van der Waals surface area contributed by atoms with Gasteiger partial charge in [0.1, 0.15) is 0 Å². The molecule has 27 heavy (non-hydrogen) atoms. The predicted molar refractivity (Wildman–Crippen MR) is 122 cm³/mol. The van der Waals surface area contributed by atoms with E-state index in [9.17, 15) is 4.79 Å². The normalized spacial score (nSPS) is 12.1. The molecule has 0 aromatic carbocycles. The lowest BCUT2D eigenvalue weighted by molar-refractivity contribution is -0.141. The number of thioether (sulfide) groups is 1. The Hall–Kier alpha value is -0.920. The van der Waals surface area contributed by atoms with Crippen LogP contribution in [0.4, 0.5) is 0 Å². The molecule has 0 heterocycles. The summed E-state index contributed by atoms with van der Waals surface area (Å²) >= 11 is 1.92.